The van der Waals surface area contributed by atoms with Gasteiger partial charge in [0, 0.05) is 0 Å². The van der Waals surface area contributed by atoms with E-state index in [2.05, 4.69) is 34.1 Å². The molecule has 0 bridgehead atoms. The fourth-order valence-corrected chi connectivity index (χ4v) is 2.33. The number of hydrogen-bond acceptors (Lipinski definition) is 7. The van der Waals surface area contributed by atoms with Gasteiger partial charge in [0.15, 0.2) is 0 Å². The quantitative estimate of drug-likeness (QED) is 0.564. The average molecular weight is 265 g/mol. The summed E-state index contributed by atoms with van der Waals surface area (Å²) < 4.78 is 0. The minimum Gasteiger partial charge on any atom is -0.397 e. The summed E-state index contributed by atoms with van der Waals surface area (Å²) in [6.45, 7) is 3.53. The van der Waals surface area contributed by atoms with Gasteiger partial charge >= 0.3 is 0 Å². The molecule has 7 nitrogen and oxygen atoms in total. The van der Waals surface area contributed by atoms with Crippen LogP contribution in [-0.2, 0) is 0 Å². The smallest absolute Gasteiger partial charge is 0.0701 e. The van der Waals surface area contributed by atoms with Crippen molar-refractivity contribution >= 4 is 22.7 Å². The highest BCUT2D eigenvalue weighted by Gasteiger charge is 2.17. The van der Waals surface area contributed by atoms with E-state index in [4.69, 9.17) is 17.2 Å². The molecule has 1 aromatic rings. The van der Waals surface area contributed by atoms with Crippen LogP contribution in [-0.4, -0.2) is 55.5 Å². The van der Waals surface area contributed by atoms with Gasteiger partial charge in [-0.25, -0.2) is 0 Å². The second-order valence-electron chi connectivity index (χ2n) is 5.21. The van der Waals surface area contributed by atoms with Crippen molar-refractivity contribution in [1.29, 1.82) is 0 Å². The Kier molecular flexibility index (Phi) is 3.98. The molecule has 1 aliphatic rings. The van der Waals surface area contributed by atoms with Gasteiger partial charge in [0.25, 0.3) is 0 Å². The van der Waals surface area contributed by atoms with Gasteiger partial charge in [-0.05, 0) is 26.2 Å². The molecule has 1 saturated heterocycles. The van der Waals surface area contributed by atoms with Crippen LogP contribution in [0.1, 0.15) is 0 Å². The summed E-state index contributed by atoms with van der Waals surface area (Å²) in [6, 6.07) is 3.47. The summed E-state index contributed by atoms with van der Waals surface area (Å²) in [5.41, 5.74) is 19.9. The van der Waals surface area contributed by atoms with E-state index in [0.29, 0.717) is 23.7 Å². The van der Waals surface area contributed by atoms with Gasteiger partial charge in [-0.2, -0.15) is 0 Å². The maximum Gasteiger partial charge on any atom is 0.0701 e. The average Bonchev–Trinajstić information content (AvgIpc) is 2.31. The lowest BCUT2D eigenvalue weighted by molar-refractivity contribution is 0.00332. The molecule has 0 unspecified atom stereocenters. The van der Waals surface area contributed by atoms with E-state index in [1.54, 1.807) is 12.1 Å². The van der Waals surface area contributed by atoms with E-state index >= 15 is 0 Å². The molecule has 7 N–H and O–H groups in total. The number of nitrogen functional groups attached to an aromatic ring is 3. The predicted octanol–water partition coefficient (Wildman–Crippen LogP) is -0.146. The van der Waals surface area contributed by atoms with Crippen LogP contribution in [0.15, 0.2) is 12.1 Å². The SMILES string of the molecule is CN1CN(C)CN(CNc2cc(N)c(N)cc2N)C1. The molecule has 2 rings (SSSR count). The van der Waals surface area contributed by atoms with Crippen LogP contribution < -0.4 is 22.5 Å². The minimum atomic E-state index is 0.514. The van der Waals surface area contributed by atoms with Gasteiger partial charge < -0.3 is 22.5 Å². The van der Waals surface area contributed by atoms with Crippen LogP contribution in [0.5, 0.6) is 0 Å². The van der Waals surface area contributed by atoms with E-state index in [0.717, 1.165) is 25.7 Å². The molecule has 1 fully saturated rings. The molecule has 7 heteroatoms. The monoisotopic (exact) mass is 265 g/mol. The summed E-state index contributed by atoms with van der Waals surface area (Å²) in [6.07, 6.45) is 0. The fraction of sp³-hybridized carbons (Fsp3) is 0.500. The largest absolute Gasteiger partial charge is 0.397 e. The lowest BCUT2D eigenvalue weighted by atomic mass is 10.2. The Hall–Kier alpha value is -1.70. The second-order valence-corrected chi connectivity index (χ2v) is 5.21. The zero-order chi connectivity index (χ0) is 14.0. The van der Waals surface area contributed by atoms with Crippen LogP contribution in [0.3, 0.4) is 0 Å². The summed E-state index contributed by atoms with van der Waals surface area (Å²) in [7, 11) is 4.19. The van der Waals surface area contributed by atoms with Crippen LogP contribution in [0, 0.1) is 0 Å². The molecule has 0 amide bonds. The number of nitrogens with one attached hydrogen (secondary N) is 1. The Morgan fingerprint density at radius 2 is 1.53 bits per heavy atom. The molecule has 1 aromatic carbocycles. The normalized spacial score (nSPS) is 18.6. The van der Waals surface area contributed by atoms with Crippen molar-refractivity contribution in [3.05, 3.63) is 12.1 Å². The third-order valence-corrected chi connectivity index (χ3v) is 3.11. The Morgan fingerprint density at radius 1 is 0.947 bits per heavy atom. The molecular weight excluding hydrogens is 242 g/mol. The highest BCUT2D eigenvalue weighted by Crippen LogP contribution is 2.27. The van der Waals surface area contributed by atoms with E-state index < -0.39 is 0 Å². The molecule has 0 atom stereocenters. The summed E-state index contributed by atoms with van der Waals surface area (Å²) in [5.74, 6) is 0. The first-order valence-corrected chi connectivity index (χ1v) is 6.23. The zero-order valence-electron chi connectivity index (χ0n) is 11.6. The lowest BCUT2D eigenvalue weighted by Gasteiger charge is -2.39. The molecule has 1 aliphatic heterocycles. The fourth-order valence-electron chi connectivity index (χ4n) is 2.33. The highest BCUT2D eigenvalue weighted by atomic mass is 15.5. The van der Waals surface area contributed by atoms with Crippen molar-refractivity contribution in [3.63, 3.8) is 0 Å². The van der Waals surface area contributed by atoms with Gasteiger partial charge in [-0.15, -0.1) is 0 Å². The van der Waals surface area contributed by atoms with Crippen molar-refractivity contribution < 1.29 is 0 Å². The van der Waals surface area contributed by atoms with Gasteiger partial charge in [-0.3, -0.25) is 14.7 Å². The van der Waals surface area contributed by atoms with Crippen molar-refractivity contribution in [2.45, 2.75) is 0 Å². The van der Waals surface area contributed by atoms with Crippen LogP contribution in [0.2, 0.25) is 0 Å². The van der Waals surface area contributed by atoms with Crippen LogP contribution in [0.4, 0.5) is 22.7 Å². The van der Waals surface area contributed by atoms with E-state index in [1.807, 2.05) is 0 Å². The molecule has 19 heavy (non-hydrogen) atoms. The molecule has 0 radical (unpaired) electrons. The molecule has 106 valence electrons. The van der Waals surface area contributed by atoms with Crippen molar-refractivity contribution in [2.75, 3.05) is 63.3 Å². The third-order valence-electron chi connectivity index (χ3n) is 3.11. The standard InChI is InChI=1S/C12H23N7/c1-17-6-18(2)8-19(7-17)5-16-12-4-10(14)9(13)3-11(12)15/h3-4,16H,5-8,13-15H2,1-2H3. The molecule has 1 heterocycles. The number of benzene rings is 1. The minimum absolute atomic E-state index is 0.514. The van der Waals surface area contributed by atoms with E-state index in [1.165, 1.54) is 0 Å². The Bertz CT molecular complexity index is 438. The number of anilines is 4. The molecule has 0 saturated carbocycles. The van der Waals surface area contributed by atoms with Crippen molar-refractivity contribution in [2.24, 2.45) is 0 Å². The van der Waals surface area contributed by atoms with Gasteiger partial charge in [0.05, 0.1) is 49.4 Å². The lowest BCUT2D eigenvalue weighted by Crippen LogP contribution is -2.53. The third kappa shape index (κ3) is 3.40. The van der Waals surface area contributed by atoms with E-state index in [-0.39, 0.29) is 0 Å². The van der Waals surface area contributed by atoms with Crippen molar-refractivity contribution in [1.82, 2.24) is 14.7 Å². The Labute approximate surface area is 113 Å². The predicted molar refractivity (Wildman–Crippen MR) is 80.1 cm³/mol. The molecular formula is C12H23N7. The highest BCUT2D eigenvalue weighted by molar-refractivity contribution is 5.79. The molecule has 0 aliphatic carbocycles. The second kappa shape index (κ2) is 5.52. The maximum atomic E-state index is 5.92. The van der Waals surface area contributed by atoms with Gasteiger partial charge in [-0.1, -0.05) is 0 Å². The Morgan fingerprint density at radius 3 is 2.16 bits per heavy atom. The van der Waals surface area contributed by atoms with Crippen LogP contribution in [0.25, 0.3) is 0 Å². The topological polar surface area (TPSA) is 99.8 Å². The zero-order valence-corrected chi connectivity index (χ0v) is 11.6. The van der Waals surface area contributed by atoms with Crippen molar-refractivity contribution in [3.8, 4) is 0 Å². The molecule has 0 spiro atoms. The Balaban J connectivity index is 1.97. The summed E-state index contributed by atoms with van der Waals surface area (Å²) in [4.78, 5) is 6.76. The van der Waals surface area contributed by atoms with Crippen LogP contribution >= 0.6 is 0 Å². The number of nitrogens with zero attached hydrogens (tertiary/aromatic N) is 3. The number of hydrogen-bond donors (Lipinski definition) is 4. The first-order chi connectivity index (χ1) is 8.95. The molecule has 0 aromatic heterocycles. The maximum absolute atomic E-state index is 5.92. The first-order valence-electron chi connectivity index (χ1n) is 6.23. The first kappa shape index (κ1) is 13.7. The number of rotatable bonds is 3. The van der Waals surface area contributed by atoms with Gasteiger partial charge in [0.1, 0.15) is 0 Å². The summed E-state index contributed by atoms with van der Waals surface area (Å²) >= 11 is 0. The van der Waals surface area contributed by atoms with Gasteiger partial charge in [0.2, 0.25) is 0 Å². The summed E-state index contributed by atoms with van der Waals surface area (Å²) in [5, 5.41) is 3.30. The number of nitrogens with two attached hydrogens (primary N) is 3. The van der Waals surface area contributed by atoms with E-state index in [9.17, 15) is 0 Å².